The van der Waals surface area contributed by atoms with Gasteiger partial charge in [0.2, 0.25) is 0 Å². The Kier molecular flexibility index (Phi) is 4.10. The van der Waals surface area contributed by atoms with Crippen LogP contribution >= 0.6 is 11.3 Å². The molecule has 1 aliphatic heterocycles. The van der Waals surface area contributed by atoms with E-state index in [1.165, 1.54) is 4.88 Å². The van der Waals surface area contributed by atoms with Gasteiger partial charge in [-0.15, -0.1) is 11.3 Å². The fourth-order valence-corrected chi connectivity index (χ4v) is 4.55. The van der Waals surface area contributed by atoms with E-state index in [1.54, 1.807) is 17.7 Å². The van der Waals surface area contributed by atoms with Crippen LogP contribution in [0, 0.1) is 6.92 Å². The Balaban J connectivity index is 1.58. The topological polar surface area (TPSA) is 75.2 Å². The lowest BCUT2D eigenvalue weighted by Gasteiger charge is -2.26. The van der Waals surface area contributed by atoms with Gasteiger partial charge in [-0.2, -0.15) is 0 Å². The zero-order valence-electron chi connectivity index (χ0n) is 11.9. The van der Waals surface area contributed by atoms with E-state index in [9.17, 15) is 8.42 Å². The highest BCUT2D eigenvalue weighted by molar-refractivity contribution is 7.91. The molecule has 1 aliphatic rings. The summed E-state index contributed by atoms with van der Waals surface area (Å²) >= 11 is 1.66. The molecule has 2 aromatic rings. The van der Waals surface area contributed by atoms with Crippen LogP contribution in [-0.2, 0) is 9.84 Å². The van der Waals surface area contributed by atoms with E-state index in [4.69, 9.17) is 0 Å². The maximum atomic E-state index is 11.4. The first-order chi connectivity index (χ1) is 10.0. The lowest BCUT2D eigenvalue weighted by molar-refractivity contribution is 0.307. The molecular formula is C13H18N4O2S2. The van der Waals surface area contributed by atoms with Crippen LogP contribution in [0.2, 0.25) is 0 Å². The van der Waals surface area contributed by atoms with Crippen molar-refractivity contribution in [2.45, 2.75) is 6.92 Å². The van der Waals surface area contributed by atoms with Gasteiger partial charge in [-0.3, -0.25) is 4.90 Å². The molecule has 8 heteroatoms. The van der Waals surface area contributed by atoms with Gasteiger partial charge in [0.1, 0.15) is 17.0 Å². The minimum Gasteiger partial charge on any atom is -0.368 e. The summed E-state index contributed by atoms with van der Waals surface area (Å²) in [5.74, 6) is 1.40. The summed E-state index contributed by atoms with van der Waals surface area (Å²) < 4.78 is 22.8. The molecule has 1 saturated heterocycles. The number of aryl methyl sites for hydroxylation is 1. The molecule has 114 valence electrons. The average Bonchev–Trinajstić information content (AvgIpc) is 2.82. The Morgan fingerprint density at radius 3 is 2.86 bits per heavy atom. The number of hydrogen-bond acceptors (Lipinski definition) is 7. The lowest BCUT2D eigenvalue weighted by Crippen LogP contribution is -2.42. The number of fused-ring (bicyclic) bond motifs is 1. The van der Waals surface area contributed by atoms with Crippen LogP contribution in [0.5, 0.6) is 0 Å². The van der Waals surface area contributed by atoms with Crippen molar-refractivity contribution in [1.29, 1.82) is 0 Å². The first kappa shape index (κ1) is 14.7. The van der Waals surface area contributed by atoms with Crippen LogP contribution in [-0.4, -0.2) is 61.0 Å². The lowest BCUT2D eigenvalue weighted by atomic mass is 10.3. The molecule has 1 N–H and O–H groups in total. The Morgan fingerprint density at radius 1 is 1.33 bits per heavy atom. The van der Waals surface area contributed by atoms with Gasteiger partial charge in [-0.1, -0.05) is 0 Å². The van der Waals surface area contributed by atoms with Gasteiger partial charge in [0, 0.05) is 31.1 Å². The first-order valence-electron chi connectivity index (χ1n) is 6.91. The van der Waals surface area contributed by atoms with Gasteiger partial charge < -0.3 is 5.32 Å². The second-order valence-electron chi connectivity index (χ2n) is 5.22. The number of sulfone groups is 1. The minimum absolute atomic E-state index is 0.272. The third-order valence-electron chi connectivity index (χ3n) is 3.61. The predicted molar refractivity (Wildman–Crippen MR) is 85.7 cm³/mol. The first-order valence-corrected chi connectivity index (χ1v) is 9.55. The van der Waals surface area contributed by atoms with Crippen molar-refractivity contribution in [3.05, 3.63) is 17.3 Å². The maximum absolute atomic E-state index is 11.4. The minimum atomic E-state index is -2.80. The van der Waals surface area contributed by atoms with Crippen molar-refractivity contribution in [3.8, 4) is 0 Å². The monoisotopic (exact) mass is 326 g/mol. The molecule has 0 atom stereocenters. The predicted octanol–water partition coefficient (Wildman–Crippen LogP) is 1.14. The maximum Gasteiger partial charge on any atom is 0.152 e. The van der Waals surface area contributed by atoms with E-state index >= 15 is 0 Å². The van der Waals surface area contributed by atoms with Gasteiger partial charge in [0.25, 0.3) is 0 Å². The quantitative estimate of drug-likeness (QED) is 0.908. The zero-order valence-corrected chi connectivity index (χ0v) is 13.5. The van der Waals surface area contributed by atoms with Crippen molar-refractivity contribution in [2.24, 2.45) is 0 Å². The van der Waals surface area contributed by atoms with Crippen LogP contribution < -0.4 is 5.32 Å². The molecule has 2 aromatic heterocycles. The molecule has 3 rings (SSSR count). The number of thiophene rings is 1. The van der Waals surface area contributed by atoms with Crippen LogP contribution in [0.3, 0.4) is 0 Å². The number of nitrogens with zero attached hydrogens (tertiary/aromatic N) is 3. The second-order valence-corrected chi connectivity index (χ2v) is 8.76. The summed E-state index contributed by atoms with van der Waals surface area (Å²) in [5, 5.41) is 4.39. The van der Waals surface area contributed by atoms with Gasteiger partial charge in [-0.05, 0) is 13.0 Å². The summed E-state index contributed by atoms with van der Waals surface area (Å²) in [4.78, 5) is 12.9. The van der Waals surface area contributed by atoms with E-state index in [0.717, 1.165) is 29.1 Å². The molecule has 0 aromatic carbocycles. The van der Waals surface area contributed by atoms with E-state index in [0.29, 0.717) is 13.1 Å². The van der Waals surface area contributed by atoms with Crippen molar-refractivity contribution >= 4 is 37.2 Å². The second kappa shape index (κ2) is 5.86. The molecule has 0 unspecified atom stereocenters. The smallest absolute Gasteiger partial charge is 0.152 e. The van der Waals surface area contributed by atoms with Crippen molar-refractivity contribution < 1.29 is 8.42 Å². The summed E-state index contributed by atoms with van der Waals surface area (Å²) in [5.41, 5.74) is 0. The number of nitrogens with one attached hydrogen (secondary N) is 1. The number of hydrogen-bond donors (Lipinski definition) is 1. The Morgan fingerprint density at radius 2 is 2.10 bits per heavy atom. The highest BCUT2D eigenvalue weighted by Gasteiger charge is 2.20. The standard InChI is InChI=1S/C13H18N4O2S2/c1-10-8-11-12(15-9-16-13(11)20-10)14-2-3-17-4-6-21(18,19)7-5-17/h8-9H,2-7H2,1H3,(H,14,15,16). The Hall–Kier alpha value is -1.25. The van der Waals surface area contributed by atoms with Crippen LogP contribution in [0.4, 0.5) is 5.82 Å². The number of anilines is 1. The molecule has 6 nitrogen and oxygen atoms in total. The Labute approximate surface area is 128 Å². The van der Waals surface area contributed by atoms with Crippen LogP contribution in [0.25, 0.3) is 10.2 Å². The SMILES string of the molecule is Cc1cc2c(NCCN3CCS(=O)(=O)CC3)ncnc2s1. The number of aromatic nitrogens is 2. The highest BCUT2D eigenvalue weighted by atomic mass is 32.2. The molecular weight excluding hydrogens is 308 g/mol. The molecule has 0 radical (unpaired) electrons. The normalized spacial score (nSPS) is 18.9. The van der Waals surface area contributed by atoms with Gasteiger partial charge in [0.05, 0.1) is 16.9 Å². The summed E-state index contributed by atoms with van der Waals surface area (Å²) in [6.45, 7) is 4.89. The summed E-state index contributed by atoms with van der Waals surface area (Å²) in [7, 11) is -2.80. The average molecular weight is 326 g/mol. The van der Waals surface area contributed by atoms with Gasteiger partial charge in [0.15, 0.2) is 9.84 Å². The fraction of sp³-hybridized carbons (Fsp3) is 0.538. The van der Waals surface area contributed by atoms with E-state index in [1.807, 2.05) is 0 Å². The highest BCUT2D eigenvalue weighted by Crippen LogP contribution is 2.27. The molecule has 3 heterocycles. The Bertz CT molecular complexity index is 728. The molecule has 0 amide bonds. The van der Waals surface area contributed by atoms with Gasteiger partial charge >= 0.3 is 0 Å². The molecule has 0 bridgehead atoms. The van der Waals surface area contributed by atoms with Gasteiger partial charge in [-0.25, -0.2) is 18.4 Å². The zero-order chi connectivity index (χ0) is 14.9. The third kappa shape index (κ3) is 3.50. The molecule has 0 saturated carbocycles. The molecule has 21 heavy (non-hydrogen) atoms. The fourth-order valence-electron chi connectivity index (χ4n) is 2.42. The van der Waals surface area contributed by atoms with Crippen molar-refractivity contribution in [2.75, 3.05) is 43.0 Å². The van der Waals surface area contributed by atoms with E-state index in [2.05, 4.69) is 33.2 Å². The summed E-state index contributed by atoms with van der Waals surface area (Å²) in [6, 6.07) is 2.09. The van der Waals surface area contributed by atoms with Crippen molar-refractivity contribution in [1.82, 2.24) is 14.9 Å². The summed E-state index contributed by atoms with van der Waals surface area (Å²) in [6.07, 6.45) is 1.58. The van der Waals surface area contributed by atoms with Crippen LogP contribution in [0.1, 0.15) is 4.88 Å². The molecule has 1 fully saturated rings. The number of rotatable bonds is 4. The van der Waals surface area contributed by atoms with E-state index < -0.39 is 9.84 Å². The van der Waals surface area contributed by atoms with E-state index in [-0.39, 0.29) is 11.5 Å². The molecule has 0 spiro atoms. The van der Waals surface area contributed by atoms with Crippen molar-refractivity contribution in [3.63, 3.8) is 0 Å². The van der Waals surface area contributed by atoms with Crippen LogP contribution in [0.15, 0.2) is 12.4 Å². The molecule has 0 aliphatic carbocycles. The largest absolute Gasteiger partial charge is 0.368 e. The third-order valence-corrected chi connectivity index (χ3v) is 6.18.